The fourth-order valence-corrected chi connectivity index (χ4v) is 2.77. The van der Waals surface area contributed by atoms with Crippen LogP contribution in [0.2, 0.25) is 0 Å². The first-order chi connectivity index (χ1) is 9.32. The van der Waals surface area contributed by atoms with Gasteiger partial charge >= 0.3 is 0 Å². The third-order valence-electron chi connectivity index (χ3n) is 3.17. The van der Waals surface area contributed by atoms with Crippen molar-refractivity contribution in [2.45, 2.75) is 51.0 Å². The lowest BCUT2D eigenvalue weighted by atomic mass is 9.97. The molecule has 0 amide bonds. The Morgan fingerprint density at radius 3 is 2.25 bits per heavy atom. The minimum atomic E-state index is -3.60. The summed E-state index contributed by atoms with van der Waals surface area (Å²) >= 11 is 0. The predicted molar refractivity (Wildman–Crippen MR) is 83.1 cm³/mol. The highest BCUT2D eigenvalue weighted by atomic mass is 32.2. The van der Waals surface area contributed by atoms with Crippen molar-refractivity contribution in [3.05, 3.63) is 29.8 Å². The number of hydrogen-bond acceptors (Lipinski definition) is 3. The quantitative estimate of drug-likeness (QED) is 0.773. The van der Waals surface area contributed by atoms with Crippen LogP contribution in [0.3, 0.4) is 0 Å². The van der Waals surface area contributed by atoms with Gasteiger partial charge < -0.3 is 5.32 Å². The second-order valence-electron chi connectivity index (χ2n) is 5.67. The van der Waals surface area contributed by atoms with Crippen molar-refractivity contribution in [3.8, 4) is 0 Å². The van der Waals surface area contributed by atoms with Crippen molar-refractivity contribution < 1.29 is 8.42 Å². The molecule has 1 rings (SSSR count). The molecule has 1 atom stereocenters. The van der Waals surface area contributed by atoms with E-state index in [-0.39, 0.29) is 4.90 Å². The Bertz CT molecular complexity index is 495. The summed E-state index contributed by atoms with van der Waals surface area (Å²) in [5.41, 5.74) is 1.13. The molecule has 0 saturated carbocycles. The fraction of sp³-hybridized carbons (Fsp3) is 0.600. The van der Waals surface area contributed by atoms with E-state index in [1.807, 2.05) is 12.1 Å². The molecule has 3 N–H and O–H groups in total. The molecule has 1 aromatic carbocycles. The van der Waals surface area contributed by atoms with E-state index < -0.39 is 10.0 Å². The highest BCUT2D eigenvalue weighted by Crippen LogP contribution is 2.14. The molecule has 0 heterocycles. The van der Waals surface area contributed by atoms with Gasteiger partial charge in [0.1, 0.15) is 0 Å². The number of rotatable bonds is 8. The number of primary sulfonamides is 1. The van der Waals surface area contributed by atoms with E-state index in [1.54, 1.807) is 12.1 Å². The van der Waals surface area contributed by atoms with E-state index in [0.717, 1.165) is 31.4 Å². The maximum absolute atomic E-state index is 11.2. The van der Waals surface area contributed by atoms with Crippen molar-refractivity contribution >= 4 is 10.0 Å². The summed E-state index contributed by atoms with van der Waals surface area (Å²) in [5, 5.41) is 8.65. The minimum Gasteiger partial charge on any atom is -0.314 e. The van der Waals surface area contributed by atoms with Crippen LogP contribution in [0.1, 0.15) is 39.2 Å². The molecular weight excluding hydrogens is 272 g/mol. The molecule has 1 aromatic rings. The zero-order chi connectivity index (χ0) is 15.2. The molecule has 1 unspecified atom stereocenters. The lowest BCUT2D eigenvalue weighted by molar-refractivity contribution is 0.416. The Morgan fingerprint density at radius 1 is 1.20 bits per heavy atom. The van der Waals surface area contributed by atoms with Crippen molar-refractivity contribution in [1.82, 2.24) is 5.32 Å². The van der Waals surface area contributed by atoms with Gasteiger partial charge in [0.15, 0.2) is 0 Å². The summed E-state index contributed by atoms with van der Waals surface area (Å²) in [7, 11) is -3.60. The largest absolute Gasteiger partial charge is 0.314 e. The molecule has 5 heteroatoms. The van der Waals surface area contributed by atoms with Gasteiger partial charge in [-0.1, -0.05) is 32.9 Å². The van der Waals surface area contributed by atoms with Crippen LogP contribution in [0.25, 0.3) is 0 Å². The Labute approximate surface area is 122 Å². The lowest BCUT2D eigenvalue weighted by Gasteiger charge is -2.20. The Balaban J connectivity index is 2.72. The van der Waals surface area contributed by atoms with E-state index >= 15 is 0 Å². The van der Waals surface area contributed by atoms with Crippen molar-refractivity contribution in [2.75, 3.05) is 6.54 Å². The van der Waals surface area contributed by atoms with E-state index in [1.165, 1.54) is 0 Å². The molecule has 0 bridgehead atoms. The Kier molecular flexibility index (Phi) is 6.65. The number of nitrogens with one attached hydrogen (secondary N) is 1. The number of benzene rings is 1. The van der Waals surface area contributed by atoms with Crippen LogP contribution in [0.5, 0.6) is 0 Å². The summed E-state index contributed by atoms with van der Waals surface area (Å²) in [6, 6.07) is 7.28. The average molecular weight is 298 g/mol. The third kappa shape index (κ3) is 6.03. The van der Waals surface area contributed by atoms with Crippen molar-refractivity contribution in [2.24, 2.45) is 11.1 Å². The predicted octanol–water partition coefficient (Wildman–Crippen LogP) is 2.29. The zero-order valence-corrected chi connectivity index (χ0v) is 13.4. The first kappa shape index (κ1) is 17.1. The van der Waals surface area contributed by atoms with Crippen LogP contribution >= 0.6 is 0 Å². The lowest BCUT2D eigenvalue weighted by Crippen LogP contribution is -2.33. The van der Waals surface area contributed by atoms with Gasteiger partial charge in [0.2, 0.25) is 10.0 Å². The zero-order valence-electron chi connectivity index (χ0n) is 12.6. The molecule has 0 aromatic heterocycles. The summed E-state index contributed by atoms with van der Waals surface area (Å²) in [4.78, 5) is 0.170. The molecule has 4 nitrogen and oxygen atoms in total. The van der Waals surface area contributed by atoms with Gasteiger partial charge in [-0.2, -0.15) is 0 Å². The standard InChI is InChI=1S/C15H26N2O2S/c1-4-9-17-14(10-12(2)3)11-13-5-7-15(8-6-13)20(16,18)19/h5-8,12,14,17H,4,9-11H2,1-3H3,(H2,16,18,19). The first-order valence-electron chi connectivity index (χ1n) is 7.18. The van der Waals surface area contributed by atoms with E-state index in [9.17, 15) is 8.42 Å². The van der Waals surface area contributed by atoms with Crippen LogP contribution < -0.4 is 10.5 Å². The van der Waals surface area contributed by atoms with Crippen LogP contribution in [-0.2, 0) is 16.4 Å². The second-order valence-corrected chi connectivity index (χ2v) is 7.24. The molecule has 0 radical (unpaired) electrons. The normalized spacial score (nSPS) is 13.7. The smallest absolute Gasteiger partial charge is 0.238 e. The maximum atomic E-state index is 11.2. The Hall–Kier alpha value is -0.910. The summed E-state index contributed by atoms with van der Waals surface area (Å²) < 4.78 is 22.4. The number of sulfonamides is 1. The highest BCUT2D eigenvalue weighted by Gasteiger charge is 2.12. The third-order valence-corrected chi connectivity index (χ3v) is 4.10. The average Bonchev–Trinajstić information content (AvgIpc) is 2.35. The van der Waals surface area contributed by atoms with Gasteiger partial charge in [-0.05, 0) is 49.4 Å². The van der Waals surface area contributed by atoms with Crippen LogP contribution in [-0.4, -0.2) is 21.0 Å². The molecule has 0 spiro atoms. The van der Waals surface area contributed by atoms with E-state index in [0.29, 0.717) is 12.0 Å². The second kappa shape index (κ2) is 7.76. The summed E-state index contributed by atoms with van der Waals surface area (Å²) in [5.74, 6) is 0.632. The number of nitrogens with two attached hydrogens (primary N) is 1. The Morgan fingerprint density at radius 2 is 1.80 bits per heavy atom. The summed E-state index contributed by atoms with van der Waals surface area (Å²) in [6.45, 7) is 7.59. The SMILES string of the molecule is CCCNC(Cc1ccc(S(N)(=O)=O)cc1)CC(C)C. The maximum Gasteiger partial charge on any atom is 0.238 e. The topological polar surface area (TPSA) is 72.2 Å². The minimum absolute atomic E-state index is 0.170. The van der Waals surface area contributed by atoms with Gasteiger partial charge in [-0.3, -0.25) is 0 Å². The molecule has 20 heavy (non-hydrogen) atoms. The molecular formula is C15H26N2O2S. The fourth-order valence-electron chi connectivity index (χ4n) is 2.26. The van der Waals surface area contributed by atoms with Crippen LogP contribution in [0.4, 0.5) is 0 Å². The van der Waals surface area contributed by atoms with E-state index in [2.05, 4.69) is 26.1 Å². The molecule has 0 aliphatic heterocycles. The van der Waals surface area contributed by atoms with Crippen LogP contribution in [0, 0.1) is 5.92 Å². The van der Waals surface area contributed by atoms with Crippen molar-refractivity contribution in [1.29, 1.82) is 0 Å². The summed E-state index contributed by atoms with van der Waals surface area (Å²) in [6.07, 6.45) is 3.12. The number of hydrogen-bond donors (Lipinski definition) is 2. The monoisotopic (exact) mass is 298 g/mol. The van der Waals surface area contributed by atoms with Gasteiger partial charge in [-0.25, -0.2) is 13.6 Å². The van der Waals surface area contributed by atoms with Gasteiger partial charge in [0.05, 0.1) is 4.90 Å². The molecule has 0 saturated heterocycles. The van der Waals surface area contributed by atoms with Gasteiger partial charge in [0, 0.05) is 6.04 Å². The highest BCUT2D eigenvalue weighted by molar-refractivity contribution is 7.89. The molecule has 114 valence electrons. The van der Waals surface area contributed by atoms with Crippen molar-refractivity contribution in [3.63, 3.8) is 0 Å². The molecule has 0 aliphatic rings. The van der Waals surface area contributed by atoms with Crippen LogP contribution in [0.15, 0.2) is 29.2 Å². The molecule has 0 fully saturated rings. The van der Waals surface area contributed by atoms with Gasteiger partial charge in [-0.15, -0.1) is 0 Å². The van der Waals surface area contributed by atoms with Gasteiger partial charge in [0.25, 0.3) is 0 Å². The molecule has 0 aliphatic carbocycles. The van der Waals surface area contributed by atoms with E-state index in [4.69, 9.17) is 5.14 Å². The first-order valence-corrected chi connectivity index (χ1v) is 8.72.